The smallest absolute Gasteiger partial charge is 0.0369 e. The minimum atomic E-state index is 0.244. The highest BCUT2D eigenvalue weighted by Gasteiger charge is 2.25. The molecular formula is C17H29N. The lowest BCUT2D eigenvalue weighted by molar-refractivity contribution is 0.277. The first-order valence-electron chi connectivity index (χ1n) is 7.23. The molecule has 0 aromatic heterocycles. The van der Waals surface area contributed by atoms with E-state index < -0.39 is 0 Å². The molecule has 0 spiro atoms. The number of nitrogens with one attached hydrogen (secondary N) is 1. The first-order chi connectivity index (χ1) is 8.40. The fourth-order valence-electron chi connectivity index (χ4n) is 2.38. The summed E-state index contributed by atoms with van der Waals surface area (Å²) in [7, 11) is 0. The quantitative estimate of drug-likeness (QED) is 0.780. The molecule has 0 aliphatic rings. The van der Waals surface area contributed by atoms with Crippen molar-refractivity contribution in [2.75, 3.05) is 6.54 Å². The van der Waals surface area contributed by atoms with E-state index in [2.05, 4.69) is 71.1 Å². The van der Waals surface area contributed by atoms with Gasteiger partial charge >= 0.3 is 0 Å². The third-order valence-electron chi connectivity index (χ3n) is 3.73. The summed E-state index contributed by atoms with van der Waals surface area (Å²) in [5.74, 6) is 0.659. The lowest BCUT2D eigenvalue weighted by atomic mass is 9.81. The molecule has 0 saturated heterocycles. The Hall–Kier alpha value is -0.820. The molecule has 0 aliphatic heterocycles. The van der Waals surface area contributed by atoms with Crippen LogP contribution in [-0.4, -0.2) is 6.54 Å². The van der Waals surface area contributed by atoms with Gasteiger partial charge in [-0.2, -0.15) is 0 Å². The molecule has 1 nitrogen and oxygen atoms in total. The molecular weight excluding hydrogens is 218 g/mol. The van der Waals surface area contributed by atoms with Crippen LogP contribution < -0.4 is 5.32 Å². The fourth-order valence-corrected chi connectivity index (χ4v) is 2.38. The van der Waals surface area contributed by atoms with Crippen LogP contribution in [0, 0.1) is 5.41 Å². The molecule has 0 amide bonds. The van der Waals surface area contributed by atoms with E-state index in [0.717, 1.165) is 6.54 Å². The summed E-state index contributed by atoms with van der Waals surface area (Å²) in [5, 5.41) is 3.60. The summed E-state index contributed by atoms with van der Waals surface area (Å²) in [6.07, 6.45) is 1.20. The molecule has 0 bridgehead atoms. The van der Waals surface area contributed by atoms with Crippen molar-refractivity contribution in [3.8, 4) is 0 Å². The maximum absolute atomic E-state index is 3.60. The van der Waals surface area contributed by atoms with Gasteiger partial charge in [0.05, 0.1) is 0 Å². The van der Waals surface area contributed by atoms with Gasteiger partial charge in [0.15, 0.2) is 0 Å². The van der Waals surface area contributed by atoms with Crippen LogP contribution in [-0.2, 0) is 0 Å². The summed E-state index contributed by atoms with van der Waals surface area (Å²) in [6.45, 7) is 14.6. The van der Waals surface area contributed by atoms with Crippen molar-refractivity contribution >= 4 is 0 Å². The minimum absolute atomic E-state index is 0.244. The standard InChI is InChI=1S/C17H29N/c1-7-13(3)14-9-11-15(12-10-14)16(18-8-2)17(4,5)6/h9-13,16,18H,7-8H2,1-6H3. The molecule has 2 unspecified atom stereocenters. The van der Waals surface area contributed by atoms with E-state index in [4.69, 9.17) is 0 Å². The van der Waals surface area contributed by atoms with Crippen LogP contribution >= 0.6 is 0 Å². The van der Waals surface area contributed by atoms with Crippen molar-refractivity contribution in [1.29, 1.82) is 0 Å². The minimum Gasteiger partial charge on any atom is -0.310 e. The van der Waals surface area contributed by atoms with Gasteiger partial charge in [-0.25, -0.2) is 0 Å². The second kappa shape index (κ2) is 6.38. The molecule has 102 valence electrons. The zero-order chi connectivity index (χ0) is 13.8. The van der Waals surface area contributed by atoms with Crippen LogP contribution in [0.25, 0.3) is 0 Å². The number of rotatable bonds is 5. The lowest BCUT2D eigenvalue weighted by Crippen LogP contribution is -2.32. The Balaban J connectivity index is 2.94. The monoisotopic (exact) mass is 247 g/mol. The summed E-state index contributed by atoms with van der Waals surface area (Å²) in [6, 6.07) is 9.59. The summed E-state index contributed by atoms with van der Waals surface area (Å²) < 4.78 is 0. The summed E-state index contributed by atoms with van der Waals surface area (Å²) in [4.78, 5) is 0. The lowest BCUT2D eigenvalue weighted by Gasteiger charge is -2.32. The van der Waals surface area contributed by atoms with E-state index in [9.17, 15) is 0 Å². The second-order valence-electron chi connectivity index (χ2n) is 6.33. The molecule has 1 rings (SSSR count). The highest BCUT2D eigenvalue weighted by Crippen LogP contribution is 2.33. The zero-order valence-electron chi connectivity index (χ0n) is 12.9. The predicted molar refractivity (Wildman–Crippen MR) is 81.0 cm³/mol. The fraction of sp³-hybridized carbons (Fsp3) is 0.647. The van der Waals surface area contributed by atoms with Crippen LogP contribution in [0.2, 0.25) is 0 Å². The van der Waals surface area contributed by atoms with Crippen molar-refractivity contribution in [3.63, 3.8) is 0 Å². The number of hydrogen-bond donors (Lipinski definition) is 1. The molecule has 0 radical (unpaired) electrons. The van der Waals surface area contributed by atoms with E-state index in [1.54, 1.807) is 0 Å². The molecule has 1 N–H and O–H groups in total. The first kappa shape index (κ1) is 15.2. The van der Waals surface area contributed by atoms with Crippen molar-refractivity contribution in [2.45, 2.75) is 59.9 Å². The Labute approximate surface area is 113 Å². The van der Waals surface area contributed by atoms with Crippen molar-refractivity contribution in [2.24, 2.45) is 5.41 Å². The van der Waals surface area contributed by atoms with Crippen LogP contribution in [0.1, 0.15) is 71.0 Å². The van der Waals surface area contributed by atoms with Crippen LogP contribution in [0.15, 0.2) is 24.3 Å². The average molecular weight is 247 g/mol. The summed E-state index contributed by atoms with van der Waals surface area (Å²) in [5.41, 5.74) is 3.09. The SMILES string of the molecule is CCNC(c1ccc(C(C)CC)cc1)C(C)(C)C. The maximum atomic E-state index is 3.60. The molecule has 1 aromatic carbocycles. The Morgan fingerprint density at radius 2 is 1.50 bits per heavy atom. The largest absolute Gasteiger partial charge is 0.310 e. The van der Waals surface area contributed by atoms with E-state index in [1.165, 1.54) is 17.5 Å². The van der Waals surface area contributed by atoms with Gasteiger partial charge in [0, 0.05) is 6.04 Å². The Morgan fingerprint density at radius 3 is 1.89 bits per heavy atom. The van der Waals surface area contributed by atoms with Gasteiger partial charge in [-0.3, -0.25) is 0 Å². The molecule has 1 heteroatoms. The van der Waals surface area contributed by atoms with Gasteiger partial charge < -0.3 is 5.32 Å². The summed E-state index contributed by atoms with van der Waals surface area (Å²) >= 11 is 0. The molecule has 0 saturated carbocycles. The highest BCUT2D eigenvalue weighted by atomic mass is 14.9. The number of benzene rings is 1. The first-order valence-corrected chi connectivity index (χ1v) is 7.23. The maximum Gasteiger partial charge on any atom is 0.0369 e. The Bertz CT molecular complexity index is 345. The van der Waals surface area contributed by atoms with Crippen molar-refractivity contribution in [3.05, 3.63) is 35.4 Å². The Morgan fingerprint density at radius 1 is 1.00 bits per heavy atom. The van der Waals surface area contributed by atoms with Gasteiger partial charge in [-0.05, 0) is 35.4 Å². The third kappa shape index (κ3) is 3.84. The third-order valence-corrected chi connectivity index (χ3v) is 3.73. The van der Waals surface area contributed by atoms with Gasteiger partial charge in [0.2, 0.25) is 0 Å². The normalized spacial score (nSPS) is 15.4. The van der Waals surface area contributed by atoms with Crippen LogP contribution in [0.3, 0.4) is 0 Å². The van der Waals surface area contributed by atoms with Gasteiger partial charge in [0.25, 0.3) is 0 Å². The average Bonchev–Trinajstić information content (AvgIpc) is 2.34. The van der Waals surface area contributed by atoms with Crippen LogP contribution in [0.5, 0.6) is 0 Å². The molecule has 0 fully saturated rings. The Kier molecular flexibility index (Phi) is 5.40. The highest BCUT2D eigenvalue weighted by molar-refractivity contribution is 5.28. The van der Waals surface area contributed by atoms with Gasteiger partial charge in [0.1, 0.15) is 0 Å². The zero-order valence-corrected chi connectivity index (χ0v) is 12.9. The van der Waals surface area contributed by atoms with Gasteiger partial charge in [-0.15, -0.1) is 0 Å². The molecule has 1 aromatic rings. The molecule has 18 heavy (non-hydrogen) atoms. The van der Waals surface area contributed by atoms with Gasteiger partial charge in [-0.1, -0.05) is 65.8 Å². The van der Waals surface area contributed by atoms with Crippen molar-refractivity contribution < 1.29 is 0 Å². The van der Waals surface area contributed by atoms with E-state index in [-0.39, 0.29) is 5.41 Å². The second-order valence-corrected chi connectivity index (χ2v) is 6.33. The number of hydrogen-bond acceptors (Lipinski definition) is 1. The molecule has 0 heterocycles. The van der Waals surface area contributed by atoms with Crippen molar-refractivity contribution in [1.82, 2.24) is 5.32 Å². The predicted octanol–water partition coefficient (Wildman–Crippen LogP) is 4.90. The van der Waals surface area contributed by atoms with E-state index in [1.807, 2.05) is 0 Å². The van der Waals surface area contributed by atoms with Crippen LogP contribution in [0.4, 0.5) is 0 Å². The topological polar surface area (TPSA) is 12.0 Å². The molecule has 0 aliphatic carbocycles. The van der Waals surface area contributed by atoms with E-state index >= 15 is 0 Å². The molecule has 2 atom stereocenters. The van der Waals surface area contributed by atoms with E-state index in [0.29, 0.717) is 12.0 Å².